The maximum atomic E-state index is 13.1. The highest BCUT2D eigenvalue weighted by Gasteiger charge is 2.04. The fourth-order valence-electron chi connectivity index (χ4n) is 1.01. The Labute approximate surface area is 83.9 Å². The first-order valence-electron chi connectivity index (χ1n) is 4.10. The molecule has 0 spiro atoms. The van der Waals surface area contributed by atoms with Gasteiger partial charge in [-0.2, -0.15) is 5.10 Å². The molecule has 0 fully saturated rings. The molecule has 1 heterocycles. The molecule has 2 rings (SSSR count). The van der Waals surface area contributed by atoms with E-state index in [-0.39, 0.29) is 5.56 Å². The largest absolute Gasteiger partial charge is 0.208 e. The number of aromatic nitrogens is 3. The monoisotopic (exact) mass is 208 g/mol. The topological polar surface area (TPSA) is 43.1 Å². The van der Waals surface area contributed by atoms with Gasteiger partial charge in [0.05, 0.1) is 11.8 Å². The van der Waals surface area contributed by atoms with Gasteiger partial charge in [-0.1, -0.05) is 6.07 Å². The normalized spacial score (nSPS) is 11.1. The van der Waals surface area contributed by atoms with E-state index < -0.39 is 11.6 Å². The van der Waals surface area contributed by atoms with Gasteiger partial charge in [0, 0.05) is 0 Å². The minimum atomic E-state index is -0.660. The maximum absolute atomic E-state index is 13.1. The lowest BCUT2D eigenvalue weighted by Gasteiger charge is -1.97. The van der Waals surface area contributed by atoms with Crippen LogP contribution >= 0.6 is 0 Å². The lowest BCUT2D eigenvalue weighted by atomic mass is 10.2. The average Bonchev–Trinajstić information content (AvgIpc) is 2.70. The van der Waals surface area contributed by atoms with E-state index in [4.69, 9.17) is 0 Å². The van der Waals surface area contributed by atoms with Crippen LogP contribution in [0.2, 0.25) is 0 Å². The fourth-order valence-corrected chi connectivity index (χ4v) is 1.01. The summed E-state index contributed by atoms with van der Waals surface area (Å²) in [6.45, 7) is 0. The predicted molar refractivity (Wildman–Crippen MR) is 49.4 cm³/mol. The van der Waals surface area contributed by atoms with Crippen LogP contribution < -0.4 is 0 Å². The number of halogens is 2. The summed E-state index contributed by atoms with van der Waals surface area (Å²) in [5.74, 6) is -1.32. The van der Waals surface area contributed by atoms with E-state index in [0.717, 1.165) is 18.3 Å². The molecule has 0 bridgehead atoms. The Bertz CT molecular complexity index is 459. The van der Waals surface area contributed by atoms with E-state index in [2.05, 4.69) is 15.3 Å². The van der Waals surface area contributed by atoms with Gasteiger partial charge in [-0.25, -0.2) is 13.5 Å². The zero-order valence-corrected chi connectivity index (χ0v) is 7.51. The first kappa shape index (κ1) is 9.45. The van der Waals surface area contributed by atoms with E-state index in [1.807, 2.05) is 0 Å². The Balaban J connectivity index is 2.32. The molecule has 0 atom stereocenters. The number of nitrogens with zero attached hydrogens (tertiary/aromatic N) is 4. The van der Waals surface area contributed by atoms with Crippen LogP contribution in [-0.4, -0.2) is 21.1 Å². The van der Waals surface area contributed by atoms with Gasteiger partial charge >= 0.3 is 0 Å². The van der Waals surface area contributed by atoms with Crippen LogP contribution in [0.5, 0.6) is 0 Å². The summed E-state index contributed by atoms with van der Waals surface area (Å²) in [5, 5.41) is 10.7. The average molecular weight is 208 g/mol. The third-order valence-corrected chi connectivity index (χ3v) is 1.73. The van der Waals surface area contributed by atoms with Crippen LogP contribution in [0.4, 0.5) is 8.78 Å². The molecule has 0 saturated heterocycles. The van der Waals surface area contributed by atoms with Gasteiger partial charge in [-0.3, -0.25) is 0 Å². The molecule has 76 valence electrons. The summed E-state index contributed by atoms with van der Waals surface area (Å²) in [5.41, 5.74) is -0.189. The van der Waals surface area contributed by atoms with Crippen LogP contribution in [0.1, 0.15) is 5.56 Å². The van der Waals surface area contributed by atoms with Crippen LogP contribution in [0, 0.1) is 11.6 Å². The molecular weight excluding hydrogens is 202 g/mol. The Hall–Kier alpha value is -2.11. The maximum Gasteiger partial charge on any atom is 0.141 e. The minimum Gasteiger partial charge on any atom is -0.208 e. The third kappa shape index (κ3) is 2.04. The van der Waals surface area contributed by atoms with Gasteiger partial charge in [0.1, 0.15) is 24.3 Å². The van der Waals surface area contributed by atoms with E-state index in [0.29, 0.717) is 0 Å². The first-order chi connectivity index (χ1) is 7.27. The molecule has 0 amide bonds. The van der Waals surface area contributed by atoms with Gasteiger partial charge in [-0.15, -0.1) is 10.2 Å². The zero-order valence-electron chi connectivity index (χ0n) is 7.51. The standard InChI is InChI=1S/C9H6F2N4/c10-8-2-1-3-9(11)7(8)4-14-15-5-12-13-6-15/h1-6H. The fraction of sp³-hybridized carbons (Fsp3) is 0. The van der Waals surface area contributed by atoms with E-state index in [1.54, 1.807) is 0 Å². The molecule has 0 radical (unpaired) electrons. The SMILES string of the molecule is Fc1cccc(F)c1C=Nn1cnnc1. The van der Waals surface area contributed by atoms with Crippen molar-refractivity contribution in [3.8, 4) is 0 Å². The van der Waals surface area contributed by atoms with Crippen molar-refractivity contribution in [2.45, 2.75) is 0 Å². The number of rotatable bonds is 2. The van der Waals surface area contributed by atoms with Crippen LogP contribution in [-0.2, 0) is 0 Å². The number of hydrogen-bond donors (Lipinski definition) is 0. The molecule has 0 aliphatic heterocycles. The quantitative estimate of drug-likeness (QED) is 0.701. The van der Waals surface area contributed by atoms with Gasteiger partial charge < -0.3 is 0 Å². The summed E-state index contributed by atoms with van der Waals surface area (Å²) < 4.78 is 27.5. The van der Waals surface area contributed by atoms with Crippen molar-refractivity contribution in [3.05, 3.63) is 48.1 Å². The Kier molecular flexibility index (Phi) is 2.49. The lowest BCUT2D eigenvalue weighted by Crippen LogP contribution is -1.95. The van der Waals surface area contributed by atoms with E-state index in [1.165, 1.54) is 23.4 Å². The molecule has 4 nitrogen and oxygen atoms in total. The van der Waals surface area contributed by atoms with Gasteiger partial charge in [0.2, 0.25) is 0 Å². The van der Waals surface area contributed by atoms with Crippen molar-refractivity contribution < 1.29 is 8.78 Å². The highest BCUT2D eigenvalue weighted by molar-refractivity contribution is 5.80. The highest BCUT2D eigenvalue weighted by Crippen LogP contribution is 2.09. The number of benzene rings is 1. The Morgan fingerprint density at radius 1 is 1.13 bits per heavy atom. The first-order valence-corrected chi connectivity index (χ1v) is 4.10. The minimum absolute atomic E-state index is 0.189. The summed E-state index contributed by atoms with van der Waals surface area (Å²) >= 11 is 0. The van der Waals surface area contributed by atoms with Crippen LogP contribution in [0.3, 0.4) is 0 Å². The van der Waals surface area contributed by atoms with Crippen molar-refractivity contribution in [2.75, 3.05) is 0 Å². The summed E-state index contributed by atoms with van der Waals surface area (Å²) in [6, 6.07) is 3.62. The van der Waals surface area contributed by atoms with Crippen molar-refractivity contribution in [1.82, 2.24) is 14.9 Å². The predicted octanol–water partition coefficient (Wildman–Crippen LogP) is 1.44. The highest BCUT2D eigenvalue weighted by atomic mass is 19.1. The molecule has 0 unspecified atom stereocenters. The second kappa shape index (κ2) is 3.95. The molecule has 1 aromatic heterocycles. The summed E-state index contributed by atoms with van der Waals surface area (Å²) in [6.07, 6.45) is 3.71. The van der Waals surface area contributed by atoms with Crippen molar-refractivity contribution in [2.24, 2.45) is 5.10 Å². The van der Waals surface area contributed by atoms with E-state index in [9.17, 15) is 8.78 Å². The molecule has 15 heavy (non-hydrogen) atoms. The Morgan fingerprint density at radius 2 is 1.73 bits per heavy atom. The van der Waals surface area contributed by atoms with Gasteiger partial charge in [-0.05, 0) is 12.1 Å². The number of hydrogen-bond acceptors (Lipinski definition) is 3. The molecule has 0 aliphatic rings. The lowest BCUT2D eigenvalue weighted by molar-refractivity contribution is 0.580. The summed E-state index contributed by atoms with van der Waals surface area (Å²) in [4.78, 5) is 0. The van der Waals surface area contributed by atoms with Crippen LogP contribution in [0.25, 0.3) is 0 Å². The van der Waals surface area contributed by atoms with Crippen molar-refractivity contribution in [1.29, 1.82) is 0 Å². The van der Waals surface area contributed by atoms with Gasteiger partial charge in [0.25, 0.3) is 0 Å². The smallest absolute Gasteiger partial charge is 0.141 e. The zero-order chi connectivity index (χ0) is 10.7. The van der Waals surface area contributed by atoms with Crippen molar-refractivity contribution >= 4 is 6.21 Å². The summed E-state index contributed by atoms with van der Waals surface area (Å²) in [7, 11) is 0. The van der Waals surface area contributed by atoms with Gasteiger partial charge in [0.15, 0.2) is 0 Å². The van der Waals surface area contributed by atoms with Crippen LogP contribution in [0.15, 0.2) is 36.0 Å². The second-order valence-corrected chi connectivity index (χ2v) is 2.72. The third-order valence-electron chi connectivity index (χ3n) is 1.73. The molecule has 0 aliphatic carbocycles. The molecule has 1 aromatic carbocycles. The molecule has 2 aromatic rings. The molecular formula is C9H6F2N4. The molecule has 0 saturated carbocycles. The van der Waals surface area contributed by atoms with E-state index >= 15 is 0 Å². The second-order valence-electron chi connectivity index (χ2n) is 2.72. The molecule has 0 N–H and O–H groups in total. The Morgan fingerprint density at radius 3 is 2.33 bits per heavy atom. The molecule has 6 heteroatoms. The van der Waals surface area contributed by atoms with Crippen molar-refractivity contribution in [3.63, 3.8) is 0 Å².